The van der Waals surface area contributed by atoms with E-state index in [0.29, 0.717) is 5.92 Å². The van der Waals surface area contributed by atoms with Gasteiger partial charge in [-0.15, -0.1) is 0 Å². The Morgan fingerprint density at radius 1 is 1.33 bits per heavy atom. The van der Waals surface area contributed by atoms with E-state index in [2.05, 4.69) is 43.0 Å². The summed E-state index contributed by atoms with van der Waals surface area (Å²) in [5, 5.41) is 0. The summed E-state index contributed by atoms with van der Waals surface area (Å²) in [5.41, 5.74) is 3.12. The van der Waals surface area contributed by atoms with Crippen LogP contribution in [0.25, 0.3) is 0 Å². The van der Waals surface area contributed by atoms with Gasteiger partial charge in [-0.25, -0.2) is 0 Å². The second kappa shape index (κ2) is 3.89. The fourth-order valence-electron chi connectivity index (χ4n) is 1.91. The second-order valence-corrected chi connectivity index (χ2v) is 4.13. The molecule has 1 atom stereocenters. The lowest BCUT2D eigenvalue weighted by Crippen LogP contribution is -2.21. The van der Waals surface area contributed by atoms with E-state index < -0.39 is 0 Å². The number of hydrogen-bond donors (Lipinski definition) is 0. The minimum Gasteiger partial charge on any atom is -0.338 e. The van der Waals surface area contributed by atoms with Gasteiger partial charge in [0.2, 0.25) is 0 Å². The van der Waals surface area contributed by atoms with E-state index in [-0.39, 0.29) is 0 Å². The summed E-state index contributed by atoms with van der Waals surface area (Å²) in [6.45, 7) is 5.09. The molecule has 1 heterocycles. The van der Waals surface area contributed by atoms with E-state index in [0.717, 1.165) is 24.2 Å². The molecular formula is C13H15NO. The average Bonchev–Trinajstić information content (AvgIpc) is 2.61. The number of benzene rings is 1. The van der Waals surface area contributed by atoms with E-state index >= 15 is 0 Å². The molecule has 0 fully saturated rings. The van der Waals surface area contributed by atoms with Crippen LogP contribution >= 0.6 is 0 Å². The van der Waals surface area contributed by atoms with Crippen molar-refractivity contribution in [2.24, 2.45) is 5.92 Å². The first-order valence-corrected chi connectivity index (χ1v) is 5.22. The summed E-state index contributed by atoms with van der Waals surface area (Å²) < 4.78 is 0. The van der Waals surface area contributed by atoms with E-state index in [1.54, 1.807) is 0 Å². The summed E-state index contributed by atoms with van der Waals surface area (Å²) in [6.07, 6.45) is 2.95. The lowest BCUT2D eigenvalue weighted by molar-refractivity contribution is -0.104. The molecule has 0 saturated heterocycles. The van der Waals surface area contributed by atoms with Gasteiger partial charge in [-0.3, -0.25) is 4.79 Å². The van der Waals surface area contributed by atoms with Gasteiger partial charge in [0, 0.05) is 12.2 Å². The van der Waals surface area contributed by atoms with E-state index in [1.807, 2.05) is 6.08 Å². The Bertz CT molecular complexity index is 392. The highest BCUT2D eigenvalue weighted by Crippen LogP contribution is 2.26. The molecule has 0 N–H and O–H groups in total. The Hall–Kier alpha value is -1.57. The van der Waals surface area contributed by atoms with Gasteiger partial charge in [0.15, 0.2) is 6.29 Å². The molecule has 1 aliphatic rings. The van der Waals surface area contributed by atoms with E-state index in [4.69, 9.17) is 0 Å². The Balaban J connectivity index is 2.28. The summed E-state index contributed by atoms with van der Waals surface area (Å²) in [6, 6.07) is 8.26. The van der Waals surface area contributed by atoms with Gasteiger partial charge in [0.05, 0.1) is 5.70 Å². The van der Waals surface area contributed by atoms with Crippen LogP contribution in [0.15, 0.2) is 36.0 Å². The highest BCUT2D eigenvalue weighted by Gasteiger charge is 2.20. The van der Waals surface area contributed by atoms with Crippen LogP contribution in [0, 0.1) is 12.8 Å². The minimum absolute atomic E-state index is 0.450. The van der Waals surface area contributed by atoms with Crippen LogP contribution in [0.4, 0.5) is 5.69 Å². The fourth-order valence-corrected chi connectivity index (χ4v) is 1.91. The SMILES string of the molecule is Cc1ccc(N2CC(C)C=C2C=O)cc1. The van der Waals surface area contributed by atoms with Crippen LogP contribution in [0.1, 0.15) is 12.5 Å². The monoisotopic (exact) mass is 201 g/mol. The number of anilines is 1. The number of aldehydes is 1. The standard InChI is InChI=1S/C13H15NO/c1-10-3-5-12(6-4-10)14-8-11(2)7-13(14)9-15/h3-7,9,11H,8H2,1-2H3. The molecule has 1 aromatic carbocycles. The van der Waals surface area contributed by atoms with Crippen molar-refractivity contribution in [3.8, 4) is 0 Å². The van der Waals surface area contributed by atoms with Crippen molar-refractivity contribution in [1.82, 2.24) is 0 Å². The Labute approximate surface area is 90.2 Å². The quantitative estimate of drug-likeness (QED) is 0.685. The zero-order valence-corrected chi connectivity index (χ0v) is 9.10. The molecule has 1 aliphatic heterocycles. The van der Waals surface area contributed by atoms with Crippen molar-refractivity contribution >= 4 is 12.0 Å². The molecule has 0 spiro atoms. The molecule has 0 aromatic heterocycles. The number of nitrogens with zero attached hydrogens (tertiary/aromatic N) is 1. The summed E-state index contributed by atoms with van der Waals surface area (Å²) in [7, 11) is 0. The minimum atomic E-state index is 0.450. The molecule has 2 rings (SSSR count). The van der Waals surface area contributed by atoms with Gasteiger partial charge < -0.3 is 4.90 Å². The van der Waals surface area contributed by atoms with Crippen LogP contribution in [0.2, 0.25) is 0 Å². The lowest BCUT2D eigenvalue weighted by Gasteiger charge is -2.20. The normalized spacial score (nSPS) is 20.3. The molecule has 1 unspecified atom stereocenters. The molecule has 1 aromatic rings. The van der Waals surface area contributed by atoms with Gasteiger partial charge in [0.1, 0.15) is 0 Å². The maximum atomic E-state index is 10.9. The van der Waals surface area contributed by atoms with Crippen molar-refractivity contribution in [3.05, 3.63) is 41.6 Å². The number of aryl methyl sites for hydroxylation is 1. The Kier molecular flexibility index (Phi) is 2.58. The van der Waals surface area contributed by atoms with Gasteiger partial charge in [-0.1, -0.05) is 30.7 Å². The maximum absolute atomic E-state index is 10.9. The maximum Gasteiger partial charge on any atom is 0.166 e. The van der Waals surface area contributed by atoms with Crippen LogP contribution < -0.4 is 4.90 Å². The Morgan fingerprint density at radius 3 is 2.60 bits per heavy atom. The van der Waals surface area contributed by atoms with Gasteiger partial charge in [-0.2, -0.15) is 0 Å². The predicted octanol–water partition coefficient (Wildman–Crippen LogP) is 2.53. The molecule has 0 aliphatic carbocycles. The van der Waals surface area contributed by atoms with Gasteiger partial charge in [0.25, 0.3) is 0 Å². The van der Waals surface area contributed by atoms with Crippen molar-refractivity contribution in [1.29, 1.82) is 0 Å². The van der Waals surface area contributed by atoms with Crippen molar-refractivity contribution in [3.63, 3.8) is 0 Å². The molecule has 0 saturated carbocycles. The molecule has 0 radical (unpaired) electrons. The van der Waals surface area contributed by atoms with Crippen LogP contribution in [-0.4, -0.2) is 12.8 Å². The molecule has 78 valence electrons. The molecule has 2 heteroatoms. The van der Waals surface area contributed by atoms with E-state index in [1.165, 1.54) is 5.56 Å². The largest absolute Gasteiger partial charge is 0.338 e. The zero-order chi connectivity index (χ0) is 10.8. The predicted molar refractivity (Wildman–Crippen MR) is 61.8 cm³/mol. The third kappa shape index (κ3) is 1.94. The smallest absolute Gasteiger partial charge is 0.166 e. The first-order chi connectivity index (χ1) is 7.20. The summed E-state index contributed by atoms with van der Waals surface area (Å²) in [4.78, 5) is 13.0. The van der Waals surface area contributed by atoms with Crippen LogP contribution in [-0.2, 0) is 4.79 Å². The number of hydrogen-bond acceptors (Lipinski definition) is 2. The van der Waals surface area contributed by atoms with E-state index in [9.17, 15) is 4.79 Å². The summed E-state index contributed by atoms with van der Waals surface area (Å²) in [5.74, 6) is 0.450. The first kappa shape index (κ1) is 9.97. The molecular weight excluding hydrogens is 186 g/mol. The molecule has 0 bridgehead atoms. The van der Waals surface area contributed by atoms with Gasteiger partial charge in [-0.05, 0) is 25.0 Å². The highest BCUT2D eigenvalue weighted by molar-refractivity contribution is 5.81. The number of carbonyl (C=O) groups is 1. The first-order valence-electron chi connectivity index (χ1n) is 5.22. The zero-order valence-electron chi connectivity index (χ0n) is 9.10. The molecule has 2 nitrogen and oxygen atoms in total. The lowest BCUT2D eigenvalue weighted by atomic mass is 10.2. The topological polar surface area (TPSA) is 20.3 Å². The number of allylic oxidation sites excluding steroid dienone is 1. The third-order valence-electron chi connectivity index (χ3n) is 2.70. The van der Waals surface area contributed by atoms with Crippen LogP contribution in [0.3, 0.4) is 0 Å². The molecule has 15 heavy (non-hydrogen) atoms. The molecule has 0 amide bonds. The van der Waals surface area contributed by atoms with Gasteiger partial charge >= 0.3 is 0 Å². The average molecular weight is 201 g/mol. The Morgan fingerprint density at radius 2 is 2.00 bits per heavy atom. The van der Waals surface area contributed by atoms with Crippen molar-refractivity contribution < 1.29 is 4.79 Å². The van der Waals surface area contributed by atoms with Crippen molar-refractivity contribution in [2.75, 3.05) is 11.4 Å². The van der Waals surface area contributed by atoms with Crippen molar-refractivity contribution in [2.45, 2.75) is 13.8 Å². The highest BCUT2D eigenvalue weighted by atomic mass is 16.1. The number of carbonyl (C=O) groups excluding carboxylic acids is 1. The fraction of sp³-hybridized carbons (Fsp3) is 0.308. The van der Waals surface area contributed by atoms with Crippen LogP contribution in [0.5, 0.6) is 0 Å². The second-order valence-electron chi connectivity index (χ2n) is 4.13. The number of rotatable bonds is 2. The summed E-state index contributed by atoms with van der Waals surface area (Å²) >= 11 is 0. The third-order valence-corrected chi connectivity index (χ3v) is 2.70.